The fourth-order valence-electron chi connectivity index (χ4n) is 8.85. The van der Waals surface area contributed by atoms with E-state index in [1.807, 2.05) is 54.6 Å². The molecule has 2 unspecified atom stereocenters. The van der Waals surface area contributed by atoms with Crippen LogP contribution >= 0.6 is 0 Å². The summed E-state index contributed by atoms with van der Waals surface area (Å²) >= 11 is 0. The fraction of sp³-hybridized carbons (Fsp3) is 0.588. The maximum absolute atomic E-state index is 14.4. The van der Waals surface area contributed by atoms with Gasteiger partial charge in [-0.05, 0) is 95.0 Å². The van der Waals surface area contributed by atoms with Crippen LogP contribution in [0.4, 0.5) is 0 Å². The van der Waals surface area contributed by atoms with Crippen molar-refractivity contribution in [3.63, 3.8) is 0 Å². The lowest BCUT2D eigenvalue weighted by molar-refractivity contribution is -0.160. The maximum atomic E-state index is 14.4. The van der Waals surface area contributed by atoms with Crippen LogP contribution in [0.15, 0.2) is 54.6 Å². The molecule has 0 N–H and O–H groups in total. The van der Waals surface area contributed by atoms with Crippen molar-refractivity contribution < 1.29 is 19.1 Å². The lowest BCUT2D eigenvalue weighted by atomic mass is 9.63. The van der Waals surface area contributed by atoms with E-state index in [-0.39, 0.29) is 30.1 Å². The molecule has 4 saturated heterocycles. The number of hydrogen-bond donors (Lipinski definition) is 0. The molecule has 0 spiro atoms. The molecule has 6 heteroatoms. The Hall–Kier alpha value is -2.70. The molecule has 2 aromatic rings. The molecular formula is C34H42N2O4. The van der Waals surface area contributed by atoms with Gasteiger partial charge in [-0.25, -0.2) is 0 Å². The number of carbonyl (C=O) groups excluding carboxylic acids is 2. The second-order valence-electron chi connectivity index (χ2n) is 13.1. The molecule has 1 aliphatic carbocycles. The largest absolute Gasteiger partial charge is 0.462 e. The molecule has 6 nitrogen and oxygen atoms in total. The molecule has 2 aromatic carbocycles. The average molecular weight is 543 g/mol. The van der Waals surface area contributed by atoms with E-state index in [0.29, 0.717) is 37.0 Å². The summed E-state index contributed by atoms with van der Waals surface area (Å²) in [4.78, 5) is 33.1. The van der Waals surface area contributed by atoms with Gasteiger partial charge in [0.2, 0.25) is 0 Å². The predicted molar refractivity (Wildman–Crippen MR) is 153 cm³/mol. The number of esters is 2. The molecule has 4 heterocycles. The molecule has 5 aliphatic rings. The first-order chi connectivity index (χ1) is 19.4. The highest BCUT2D eigenvalue weighted by atomic mass is 16.5. The van der Waals surface area contributed by atoms with Crippen LogP contribution in [-0.4, -0.2) is 72.2 Å². The number of hydrogen-bond acceptors (Lipinski definition) is 6. The highest BCUT2D eigenvalue weighted by Gasteiger charge is 2.52. The van der Waals surface area contributed by atoms with E-state index in [9.17, 15) is 9.59 Å². The van der Waals surface area contributed by atoms with Crippen molar-refractivity contribution in [2.45, 2.75) is 112 Å². The molecule has 40 heavy (non-hydrogen) atoms. The molecule has 0 radical (unpaired) electrons. The Morgan fingerprint density at radius 2 is 1.23 bits per heavy atom. The van der Waals surface area contributed by atoms with Crippen LogP contribution in [0.3, 0.4) is 0 Å². The highest BCUT2D eigenvalue weighted by molar-refractivity contribution is 5.91. The van der Waals surface area contributed by atoms with Crippen LogP contribution in [0.1, 0.15) is 86.8 Å². The molecule has 0 amide bonds. The smallest absolute Gasteiger partial charge is 0.321 e. The number of nitrogens with zero attached hydrogens (tertiary/aromatic N) is 2. The Labute approximate surface area is 238 Å². The molecule has 0 saturated carbocycles. The van der Waals surface area contributed by atoms with E-state index >= 15 is 0 Å². The van der Waals surface area contributed by atoms with Gasteiger partial charge in [-0.3, -0.25) is 9.59 Å². The van der Waals surface area contributed by atoms with Gasteiger partial charge in [-0.1, -0.05) is 54.6 Å². The third-order valence-corrected chi connectivity index (χ3v) is 11.2. The Morgan fingerprint density at radius 3 is 1.82 bits per heavy atom. The number of ether oxygens (including phenoxy) is 2. The summed E-state index contributed by atoms with van der Waals surface area (Å²) in [6.45, 7) is 0. The summed E-state index contributed by atoms with van der Waals surface area (Å²) in [5.74, 6) is -0.667. The lowest BCUT2D eigenvalue weighted by Crippen LogP contribution is -2.48. The van der Waals surface area contributed by atoms with E-state index < -0.39 is 5.41 Å². The summed E-state index contributed by atoms with van der Waals surface area (Å²) < 4.78 is 12.7. The lowest BCUT2D eigenvalue weighted by Gasteiger charge is -2.42. The van der Waals surface area contributed by atoms with Crippen LogP contribution in [0.2, 0.25) is 0 Å². The highest BCUT2D eigenvalue weighted by Crippen LogP contribution is 2.49. The molecule has 4 fully saturated rings. The van der Waals surface area contributed by atoms with Crippen molar-refractivity contribution in [2.75, 3.05) is 14.1 Å². The van der Waals surface area contributed by atoms with Crippen molar-refractivity contribution in [1.29, 1.82) is 0 Å². The quantitative estimate of drug-likeness (QED) is 0.485. The SMILES string of the molecule is CN1[C@@H]2CC[C@H]1CC(OC(=O)[C@@H]1CC[C@@](C(=O)OC3C[C@H]4CC[C@@H](C3)N4C)(c3ccccc3)c3ccccc31)C2. The van der Waals surface area contributed by atoms with Gasteiger partial charge in [-0.15, -0.1) is 0 Å². The third kappa shape index (κ3) is 4.30. The molecule has 4 aliphatic heterocycles. The van der Waals surface area contributed by atoms with Gasteiger partial charge in [0, 0.05) is 24.2 Å². The summed E-state index contributed by atoms with van der Waals surface area (Å²) in [5, 5.41) is 0. The molecule has 0 aromatic heterocycles. The summed E-state index contributed by atoms with van der Waals surface area (Å²) in [7, 11) is 4.41. The normalized spacial score (nSPS) is 37.1. The van der Waals surface area contributed by atoms with E-state index in [1.165, 1.54) is 25.7 Å². The number of benzene rings is 2. The van der Waals surface area contributed by atoms with E-state index in [4.69, 9.17) is 9.47 Å². The zero-order valence-corrected chi connectivity index (χ0v) is 23.8. The predicted octanol–water partition coefficient (Wildman–Crippen LogP) is 5.19. The first-order valence-electron chi connectivity index (χ1n) is 15.4. The number of fused-ring (bicyclic) bond motifs is 5. The molecular weight excluding hydrogens is 500 g/mol. The Bertz CT molecular complexity index is 1240. The molecule has 8 atom stereocenters. The fourth-order valence-corrected chi connectivity index (χ4v) is 8.85. The van der Waals surface area contributed by atoms with Crippen molar-refractivity contribution >= 4 is 11.9 Å². The third-order valence-electron chi connectivity index (χ3n) is 11.2. The van der Waals surface area contributed by atoms with Crippen molar-refractivity contribution in [1.82, 2.24) is 9.80 Å². The monoisotopic (exact) mass is 542 g/mol. The number of rotatable bonds is 5. The Morgan fingerprint density at radius 1 is 0.700 bits per heavy atom. The van der Waals surface area contributed by atoms with Crippen LogP contribution in [0.5, 0.6) is 0 Å². The first-order valence-corrected chi connectivity index (χ1v) is 15.4. The second kappa shape index (κ2) is 10.3. The van der Waals surface area contributed by atoms with Crippen LogP contribution in [-0.2, 0) is 24.5 Å². The minimum Gasteiger partial charge on any atom is -0.462 e. The number of carbonyl (C=O) groups is 2. The minimum atomic E-state index is -0.927. The zero-order chi connectivity index (χ0) is 27.4. The van der Waals surface area contributed by atoms with Crippen molar-refractivity contribution in [3.05, 3.63) is 71.3 Å². The number of piperidine rings is 2. The average Bonchev–Trinajstić information content (AvgIpc) is 3.28. The van der Waals surface area contributed by atoms with Gasteiger partial charge >= 0.3 is 11.9 Å². The van der Waals surface area contributed by atoms with Crippen LogP contribution in [0, 0.1) is 0 Å². The van der Waals surface area contributed by atoms with E-state index in [2.05, 4.69) is 23.9 Å². The van der Waals surface area contributed by atoms with Crippen molar-refractivity contribution in [3.8, 4) is 0 Å². The topological polar surface area (TPSA) is 59.1 Å². The summed E-state index contributed by atoms with van der Waals surface area (Å²) in [6, 6.07) is 20.1. The molecule has 212 valence electrons. The summed E-state index contributed by atoms with van der Waals surface area (Å²) in [6.07, 6.45) is 9.44. The van der Waals surface area contributed by atoms with Gasteiger partial charge in [0.1, 0.15) is 17.6 Å². The summed E-state index contributed by atoms with van der Waals surface area (Å²) in [5.41, 5.74) is 1.84. The molecule has 7 rings (SSSR count). The van der Waals surface area contributed by atoms with E-state index in [1.54, 1.807) is 0 Å². The zero-order valence-electron chi connectivity index (χ0n) is 23.8. The maximum Gasteiger partial charge on any atom is 0.321 e. The van der Waals surface area contributed by atoms with Gasteiger partial charge in [0.15, 0.2) is 0 Å². The van der Waals surface area contributed by atoms with Crippen molar-refractivity contribution in [2.24, 2.45) is 0 Å². The molecule has 4 bridgehead atoms. The van der Waals surface area contributed by atoms with Crippen LogP contribution < -0.4 is 0 Å². The Kier molecular flexibility index (Phi) is 6.74. The van der Waals surface area contributed by atoms with Gasteiger partial charge in [0.25, 0.3) is 0 Å². The van der Waals surface area contributed by atoms with Crippen LogP contribution in [0.25, 0.3) is 0 Å². The van der Waals surface area contributed by atoms with Gasteiger partial charge in [-0.2, -0.15) is 0 Å². The van der Waals surface area contributed by atoms with Gasteiger partial charge in [0.05, 0.1) is 5.92 Å². The van der Waals surface area contributed by atoms with Gasteiger partial charge < -0.3 is 19.3 Å². The second-order valence-corrected chi connectivity index (χ2v) is 13.1. The minimum absolute atomic E-state index is 0.0149. The van der Waals surface area contributed by atoms with E-state index in [0.717, 1.165) is 42.4 Å². The first kappa shape index (κ1) is 26.2. The standard InChI is InChI=1S/C34H42N2O4/c1-35-23-12-13-24(35)19-27(18-23)39-32(37)30-16-17-34(22-8-4-3-5-9-22,31-11-7-6-10-29(30)31)33(38)40-28-20-25-14-15-26(21-28)36(25)2/h3-11,23-28,30H,12-21H2,1-2H3/t23-,24+,25-,26+,27?,28?,30-,34-/m1/s1. The Balaban J connectivity index is 1.18.